The van der Waals surface area contributed by atoms with Gasteiger partial charge in [-0.3, -0.25) is 19.7 Å². The van der Waals surface area contributed by atoms with Crippen LogP contribution in [0.4, 0.5) is 5.69 Å². The number of nitro groups is 1. The molecule has 0 aliphatic rings. The third kappa shape index (κ3) is 3.30. The molecule has 0 aliphatic heterocycles. The Kier molecular flexibility index (Phi) is 4.41. The van der Waals surface area contributed by atoms with Crippen LogP contribution in [0.3, 0.4) is 0 Å². The van der Waals surface area contributed by atoms with E-state index in [0.29, 0.717) is 6.54 Å². The van der Waals surface area contributed by atoms with Gasteiger partial charge in [-0.1, -0.05) is 0 Å². The van der Waals surface area contributed by atoms with E-state index in [1.54, 1.807) is 6.92 Å². The highest BCUT2D eigenvalue weighted by Gasteiger charge is 2.19. The van der Waals surface area contributed by atoms with E-state index < -0.39 is 16.9 Å². The molecule has 98 valence electrons. The molecule has 0 radical (unpaired) electrons. The third-order valence-electron chi connectivity index (χ3n) is 2.22. The molecule has 0 spiro atoms. The molecule has 0 saturated carbocycles. The van der Waals surface area contributed by atoms with E-state index in [4.69, 9.17) is 0 Å². The van der Waals surface area contributed by atoms with Gasteiger partial charge in [0.15, 0.2) is 0 Å². The molecule has 8 nitrogen and oxygen atoms in total. The maximum absolute atomic E-state index is 11.7. The monoisotopic (exact) mass is 254 g/mol. The number of nitrogens with one attached hydrogen (secondary N) is 3. The quantitative estimate of drug-likeness (QED) is 0.513. The average Bonchev–Trinajstić information content (AvgIpc) is 2.78. The van der Waals surface area contributed by atoms with Crippen LogP contribution in [0.5, 0.6) is 0 Å². The fraction of sp³-hybridized carbons (Fsp3) is 0.400. The Morgan fingerprint density at radius 2 is 2.22 bits per heavy atom. The maximum atomic E-state index is 11.7. The summed E-state index contributed by atoms with van der Waals surface area (Å²) in [6.45, 7) is 3.76. The molecule has 1 heterocycles. The first kappa shape index (κ1) is 13.7. The second-order valence-corrected chi connectivity index (χ2v) is 3.62. The molecular weight excluding hydrogens is 240 g/mol. The number of aromatic nitrogens is 1. The van der Waals surface area contributed by atoms with E-state index >= 15 is 0 Å². The van der Waals surface area contributed by atoms with Crippen molar-refractivity contribution in [2.45, 2.75) is 19.9 Å². The molecule has 1 rings (SSSR count). The van der Waals surface area contributed by atoms with Crippen molar-refractivity contribution >= 4 is 17.5 Å². The topological polar surface area (TPSA) is 117 Å². The lowest BCUT2D eigenvalue weighted by atomic mass is 10.3. The van der Waals surface area contributed by atoms with Crippen LogP contribution >= 0.6 is 0 Å². The zero-order valence-corrected chi connectivity index (χ0v) is 10.0. The molecule has 18 heavy (non-hydrogen) atoms. The highest BCUT2D eigenvalue weighted by Crippen LogP contribution is 2.11. The van der Waals surface area contributed by atoms with E-state index in [1.165, 1.54) is 6.92 Å². The van der Waals surface area contributed by atoms with Crippen molar-refractivity contribution in [3.63, 3.8) is 0 Å². The summed E-state index contributed by atoms with van der Waals surface area (Å²) in [6.07, 6.45) is 1.12. The van der Waals surface area contributed by atoms with Crippen LogP contribution < -0.4 is 10.6 Å². The summed E-state index contributed by atoms with van der Waals surface area (Å²) in [4.78, 5) is 35.3. The summed E-state index contributed by atoms with van der Waals surface area (Å²) in [6, 6.07) is 0.402. The molecule has 0 aromatic carbocycles. The highest BCUT2D eigenvalue weighted by atomic mass is 16.6. The van der Waals surface area contributed by atoms with E-state index in [1.807, 2.05) is 0 Å². The minimum absolute atomic E-state index is 0.0397. The minimum Gasteiger partial charge on any atom is -0.355 e. The van der Waals surface area contributed by atoms with E-state index in [2.05, 4.69) is 15.6 Å². The Bertz CT molecular complexity index is 468. The van der Waals surface area contributed by atoms with Crippen molar-refractivity contribution in [3.8, 4) is 0 Å². The van der Waals surface area contributed by atoms with Crippen molar-refractivity contribution in [1.29, 1.82) is 0 Å². The highest BCUT2D eigenvalue weighted by molar-refractivity contribution is 5.96. The number of likely N-dealkylation sites (N-methyl/N-ethyl adjacent to an activating group) is 1. The van der Waals surface area contributed by atoms with Gasteiger partial charge >= 0.3 is 0 Å². The molecule has 0 aliphatic carbocycles. The molecule has 1 aromatic heterocycles. The standard InChI is InChI=1S/C10H14N4O4/c1-3-11-9(15)6(2)13-10(16)8-4-7(5-12-8)14(17)18/h4-6,12H,3H2,1-2H3,(H,11,15)(H,13,16)/t6-/m1/s1. The minimum atomic E-state index is -0.709. The molecule has 0 unspecified atom stereocenters. The van der Waals surface area contributed by atoms with E-state index in [0.717, 1.165) is 12.3 Å². The number of H-pyrrole nitrogens is 1. The van der Waals surface area contributed by atoms with Gasteiger partial charge in [-0.25, -0.2) is 0 Å². The Hall–Kier alpha value is -2.38. The summed E-state index contributed by atoms with van der Waals surface area (Å²) in [5, 5.41) is 15.4. The lowest BCUT2D eigenvalue weighted by Gasteiger charge is -2.12. The number of carbonyl (C=O) groups excluding carboxylic acids is 2. The third-order valence-corrected chi connectivity index (χ3v) is 2.22. The molecule has 0 bridgehead atoms. The molecule has 1 aromatic rings. The van der Waals surface area contributed by atoms with Gasteiger partial charge in [0.1, 0.15) is 11.7 Å². The number of amides is 2. The van der Waals surface area contributed by atoms with Crippen LogP contribution in [0.2, 0.25) is 0 Å². The lowest BCUT2D eigenvalue weighted by Crippen LogP contribution is -2.44. The number of carbonyl (C=O) groups is 2. The van der Waals surface area contributed by atoms with Crippen molar-refractivity contribution < 1.29 is 14.5 Å². The lowest BCUT2D eigenvalue weighted by molar-refractivity contribution is -0.384. The predicted molar refractivity (Wildman–Crippen MR) is 63.1 cm³/mol. The van der Waals surface area contributed by atoms with Crippen molar-refractivity contribution in [2.24, 2.45) is 0 Å². The Balaban J connectivity index is 2.64. The normalized spacial score (nSPS) is 11.7. The Morgan fingerprint density at radius 1 is 1.56 bits per heavy atom. The fourth-order valence-electron chi connectivity index (χ4n) is 1.29. The molecule has 2 amide bonds. The molecule has 0 fully saturated rings. The predicted octanol–water partition coefficient (Wildman–Crippen LogP) is 0.177. The van der Waals surface area contributed by atoms with Crippen molar-refractivity contribution in [2.75, 3.05) is 6.54 Å². The first-order valence-electron chi connectivity index (χ1n) is 5.37. The van der Waals surface area contributed by atoms with Crippen LogP contribution in [0.25, 0.3) is 0 Å². The smallest absolute Gasteiger partial charge is 0.287 e. The number of rotatable bonds is 5. The van der Waals surface area contributed by atoms with Gasteiger partial charge < -0.3 is 15.6 Å². The van der Waals surface area contributed by atoms with Crippen LogP contribution in [0.15, 0.2) is 12.3 Å². The Morgan fingerprint density at radius 3 is 2.72 bits per heavy atom. The zero-order chi connectivity index (χ0) is 13.7. The van der Waals surface area contributed by atoms with E-state index in [9.17, 15) is 19.7 Å². The average molecular weight is 254 g/mol. The fourth-order valence-corrected chi connectivity index (χ4v) is 1.29. The number of hydrogen-bond donors (Lipinski definition) is 3. The maximum Gasteiger partial charge on any atom is 0.287 e. The second kappa shape index (κ2) is 5.80. The van der Waals surface area contributed by atoms with Gasteiger partial charge in [-0.15, -0.1) is 0 Å². The van der Waals surface area contributed by atoms with Crippen LogP contribution in [0, 0.1) is 10.1 Å². The Labute approximate surface area is 103 Å². The first-order chi connectivity index (χ1) is 8.45. The molecule has 1 atom stereocenters. The SMILES string of the molecule is CCNC(=O)[C@@H](C)NC(=O)c1cc([N+](=O)[O-])c[nH]1. The van der Waals surface area contributed by atoms with Gasteiger partial charge in [0.25, 0.3) is 11.6 Å². The first-order valence-corrected chi connectivity index (χ1v) is 5.37. The number of nitrogens with zero attached hydrogens (tertiary/aromatic N) is 1. The zero-order valence-electron chi connectivity index (χ0n) is 10.0. The number of hydrogen-bond acceptors (Lipinski definition) is 4. The number of aromatic amines is 1. The second-order valence-electron chi connectivity index (χ2n) is 3.62. The van der Waals surface area contributed by atoms with Gasteiger partial charge in [0, 0.05) is 12.6 Å². The summed E-state index contributed by atoms with van der Waals surface area (Å²) < 4.78 is 0. The van der Waals surface area contributed by atoms with Crippen LogP contribution in [0.1, 0.15) is 24.3 Å². The van der Waals surface area contributed by atoms with Crippen LogP contribution in [-0.4, -0.2) is 34.3 Å². The molecular formula is C10H14N4O4. The summed E-state index contributed by atoms with van der Waals surface area (Å²) in [5.41, 5.74) is -0.163. The van der Waals surface area contributed by atoms with E-state index in [-0.39, 0.29) is 17.3 Å². The van der Waals surface area contributed by atoms with Crippen molar-refractivity contribution in [3.05, 3.63) is 28.1 Å². The summed E-state index contributed by atoms with van der Waals surface area (Å²) in [7, 11) is 0. The van der Waals surface area contributed by atoms with Gasteiger partial charge in [0.05, 0.1) is 11.1 Å². The molecule has 0 saturated heterocycles. The van der Waals surface area contributed by atoms with Crippen LogP contribution in [-0.2, 0) is 4.79 Å². The molecule has 3 N–H and O–H groups in total. The van der Waals surface area contributed by atoms with Crippen molar-refractivity contribution in [1.82, 2.24) is 15.6 Å². The van der Waals surface area contributed by atoms with Gasteiger partial charge in [-0.2, -0.15) is 0 Å². The van der Waals surface area contributed by atoms with Gasteiger partial charge in [-0.05, 0) is 13.8 Å². The summed E-state index contributed by atoms with van der Waals surface area (Å²) in [5.74, 6) is -0.881. The largest absolute Gasteiger partial charge is 0.355 e. The van der Waals surface area contributed by atoms with Gasteiger partial charge in [0.2, 0.25) is 5.91 Å². The molecule has 8 heteroatoms. The summed E-state index contributed by atoms with van der Waals surface area (Å²) >= 11 is 0.